The molecule has 6 heteroatoms. The first kappa shape index (κ1) is 17.5. The van der Waals surface area contributed by atoms with Crippen LogP contribution >= 0.6 is 0 Å². The number of fused-ring (bicyclic) bond motifs is 1. The molecule has 0 fully saturated rings. The molecule has 3 rings (SSSR count). The standard InChI is InChI=1S/C19H19F3N2O/c1-12(14-5-8-16-17(10-14)24-11-23-16)2-9-18(25)13-3-6-15(7-4-13)19(20,21)22/h3-8,10-12,18,25H,2,9H2,1H3,(H,23,24). The first-order valence-electron chi connectivity index (χ1n) is 8.13. The number of nitrogens with one attached hydrogen (secondary N) is 1. The number of H-pyrrole nitrogens is 1. The lowest BCUT2D eigenvalue weighted by molar-refractivity contribution is -0.137. The van der Waals surface area contributed by atoms with E-state index in [4.69, 9.17) is 0 Å². The lowest BCUT2D eigenvalue weighted by atomic mass is 9.92. The molecular formula is C19H19F3N2O. The summed E-state index contributed by atoms with van der Waals surface area (Å²) in [5, 5.41) is 10.3. The van der Waals surface area contributed by atoms with Gasteiger partial charge in [-0.15, -0.1) is 0 Å². The number of aromatic amines is 1. The van der Waals surface area contributed by atoms with Gasteiger partial charge in [0.05, 0.1) is 29.0 Å². The fourth-order valence-electron chi connectivity index (χ4n) is 2.90. The number of rotatable bonds is 5. The highest BCUT2D eigenvalue weighted by Crippen LogP contribution is 2.31. The van der Waals surface area contributed by atoms with Crippen molar-refractivity contribution in [3.63, 3.8) is 0 Å². The lowest BCUT2D eigenvalue weighted by Crippen LogP contribution is -2.06. The van der Waals surface area contributed by atoms with Crippen molar-refractivity contribution in [3.8, 4) is 0 Å². The number of aliphatic hydroxyl groups is 1. The minimum atomic E-state index is -4.36. The Labute approximate surface area is 143 Å². The third-order valence-corrected chi connectivity index (χ3v) is 4.51. The van der Waals surface area contributed by atoms with Gasteiger partial charge in [-0.3, -0.25) is 0 Å². The fourth-order valence-corrected chi connectivity index (χ4v) is 2.90. The van der Waals surface area contributed by atoms with E-state index in [1.165, 1.54) is 12.1 Å². The van der Waals surface area contributed by atoms with Crippen molar-refractivity contribution in [1.29, 1.82) is 0 Å². The molecule has 2 atom stereocenters. The van der Waals surface area contributed by atoms with E-state index in [1.807, 2.05) is 18.2 Å². The largest absolute Gasteiger partial charge is 0.416 e. The molecule has 1 heterocycles. The maximum absolute atomic E-state index is 12.6. The first-order chi connectivity index (χ1) is 11.8. The third-order valence-electron chi connectivity index (χ3n) is 4.51. The highest BCUT2D eigenvalue weighted by molar-refractivity contribution is 5.75. The Morgan fingerprint density at radius 1 is 1.04 bits per heavy atom. The topological polar surface area (TPSA) is 48.9 Å². The highest BCUT2D eigenvalue weighted by atomic mass is 19.4. The van der Waals surface area contributed by atoms with Crippen molar-refractivity contribution in [2.24, 2.45) is 0 Å². The van der Waals surface area contributed by atoms with E-state index in [1.54, 1.807) is 6.33 Å². The SMILES string of the molecule is CC(CCC(O)c1ccc(C(F)(F)F)cc1)c1ccc2nc[nH]c2c1. The Kier molecular flexibility index (Phi) is 4.81. The van der Waals surface area contributed by atoms with E-state index >= 15 is 0 Å². The van der Waals surface area contributed by atoms with E-state index in [2.05, 4.69) is 16.9 Å². The van der Waals surface area contributed by atoms with Gasteiger partial charge < -0.3 is 10.1 Å². The van der Waals surface area contributed by atoms with E-state index in [0.29, 0.717) is 12.0 Å². The average Bonchev–Trinajstić information content (AvgIpc) is 3.06. The van der Waals surface area contributed by atoms with E-state index in [-0.39, 0.29) is 5.92 Å². The molecule has 132 valence electrons. The van der Waals surface area contributed by atoms with Gasteiger partial charge in [0.25, 0.3) is 0 Å². The van der Waals surface area contributed by atoms with Gasteiger partial charge in [0, 0.05) is 0 Å². The Hall–Kier alpha value is -2.34. The Balaban J connectivity index is 1.62. The number of nitrogens with zero attached hydrogens (tertiary/aromatic N) is 1. The van der Waals surface area contributed by atoms with Crippen molar-refractivity contribution in [1.82, 2.24) is 9.97 Å². The van der Waals surface area contributed by atoms with E-state index in [9.17, 15) is 18.3 Å². The van der Waals surface area contributed by atoms with Crippen LogP contribution in [0.4, 0.5) is 13.2 Å². The molecule has 0 saturated carbocycles. The number of alkyl halides is 3. The lowest BCUT2D eigenvalue weighted by Gasteiger charge is -2.16. The summed E-state index contributed by atoms with van der Waals surface area (Å²) >= 11 is 0. The number of benzene rings is 2. The van der Waals surface area contributed by atoms with E-state index < -0.39 is 17.8 Å². The van der Waals surface area contributed by atoms with Crippen LogP contribution in [0.5, 0.6) is 0 Å². The Morgan fingerprint density at radius 2 is 1.72 bits per heavy atom. The van der Waals surface area contributed by atoms with Gasteiger partial charge in [-0.2, -0.15) is 13.2 Å². The third kappa shape index (κ3) is 4.02. The van der Waals surface area contributed by atoms with Crippen LogP contribution in [-0.4, -0.2) is 15.1 Å². The molecule has 3 nitrogen and oxygen atoms in total. The van der Waals surface area contributed by atoms with Crippen molar-refractivity contribution in [3.05, 3.63) is 65.5 Å². The summed E-state index contributed by atoms with van der Waals surface area (Å²) in [6.45, 7) is 2.07. The zero-order chi connectivity index (χ0) is 18.0. The Morgan fingerprint density at radius 3 is 2.40 bits per heavy atom. The minimum Gasteiger partial charge on any atom is -0.388 e. The Bertz CT molecular complexity index is 840. The molecule has 0 bridgehead atoms. The van der Waals surface area contributed by atoms with Crippen LogP contribution in [0.15, 0.2) is 48.8 Å². The number of aliphatic hydroxyl groups excluding tert-OH is 1. The summed E-state index contributed by atoms with van der Waals surface area (Å²) in [6, 6.07) is 10.7. The van der Waals surface area contributed by atoms with Crippen LogP contribution in [0.2, 0.25) is 0 Å². The second kappa shape index (κ2) is 6.88. The quantitative estimate of drug-likeness (QED) is 0.666. The molecule has 0 spiro atoms. The molecule has 2 N–H and O–H groups in total. The minimum absolute atomic E-state index is 0.219. The molecule has 0 amide bonds. The van der Waals surface area contributed by atoms with Gasteiger partial charge in [-0.05, 0) is 54.2 Å². The fraction of sp³-hybridized carbons (Fsp3) is 0.316. The van der Waals surface area contributed by atoms with Crippen molar-refractivity contribution < 1.29 is 18.3 Å². The molecule has 0 aliphatic carbocycles. The maximum Gasteiger partial charge on any atom is 0.416 e. The van der Waals surface area contributed by atoms with Crippen molar-refractivity contribution >= 4 is 11.0 Å². The van der Waals surface area contributed by atoms with Gasteiger partial charge in [0.1, 0.15) is 0 Å². The highest BCUT2D eigenvalue weighted by Gasteiger charge is 2.30. The van der Waals surface area contributed by atoms with Gasteiger partial charge >= 0.3 is 6.18 Å². The van der Waals surface area contributed by atoms with Gasteiger partial charge in [0.2, 0.25) is 0 Å². The predicted molar refractivity (Wildman–Crippen MR) is 90.1 cm³/mol. The monoisotopic (exact) mass is 348 g/mol. The van der Waals surface area contributed by atoms with Gasteiger partial charge in [-0.1, -0.05) is 25.1 Å². The molecule has 2 aromatic carbocycles. The summed E-state index contributed by atoms with van der Waals surface area (Å²) in [5.74, 6) is 0.219. The second-order valence-electron chi connectivity index (χ2n) is 6.29. The van der Waals surface area contributed by atoms with Crippen LogP contribution in [0.1, 0.15) is 48.5 Å². The normalized spacial score (nSPS) is 14.6. The van der Waals surface area contributed by atoms with E-state index in [0.717, 1.165) is 35.2 Å². The van der Waals surface area contributed by atoms with Crippen LogP contribution in [0, 0.1) is 0 Å². The summed E-state index contributed by atoms with van der Waals surface area (Å²) in [7, 11) is 0. The molecule has 2 unspecified atom stereocenters. The molecule has 0 aliphatic rings. The molecule has 1 aromatic heterocycles. The number of hydrogen-bond donors (Lipinski definition) is 2. The molecular weight excluding hydrogens is 329 g/mol. The van der Waals surface area contributed by atoms with Gasteiger partial charge in [-0.25, -0.2) is 4.98 Å². The smallest absolute Gasteiger partial charge is 0.388 e. The number of hydrogen-bond acceptors (Lipinski definition) is 2. The maximum atomic E-state index is 12.6. The van der Waals surface area contributed by atoms with Crippen molar-refractivity contribution in [2.75, 3.05) is 0 Å². The second-order valence-corrected chi connectivity index (χ2v) is 6.29. The van der Waals surface area contributed by atoms with Crippen LogP contribution in [0.25, 0.3) is 11.0 Å². The van der Waals surface area contributed by atoms with Crippen LogP contribution < -0.4 is 0 Å². The summed E-state index contributed by atoms with van der Waals surface area (Å²) in [6.07, 6.45) is -2.28. The molecule has 3 aromatic rings. The van der Waals surface area contributed by atoms with Crippen LogP contribution in [0.3, 0.4) is 0 Å². The first-order valence-corrected chi connectivity index (χ1v) is 8.13. The zero-order valence-electron chi connectivity index (χ0n) is 13.7. The number of imidazole rings is 1. The van der Waals surface area contributed by atoms with Crippen LogP contribution in [-0.2, 0) is 6.18 Å². The number of aromatic nitrogens is 2. The molecule has 25 heavy (non-hydrogen) atoms. The average molecular weight is 348 g/mol. The summed E-state index contributed by atoms with van der Waals surface area (Å²) < 4.78 is 37.7. The molecule has 0 radical (unpaired) electrons. The molecule has 0 saturated heterocycles. The zero-order valence-corrected chi connectivity index (χ0v) is 13.7. The van der Waals surface area contributed by atoms with Gasteiger partial charge in [0.15, 0.2) is 0 Å². The number of halogens is 3. The van der Waals surface area contributed by atoms with Crippen molar-refractivity contribution in [2.45, 2.75) is 38.0 Å². The molecule has 0 aliphatic heterocycles. The summed E-state index contributed by atoms with van der Waals surface area (Å²) in [5.41, 5.74) is 2.80. The summed E-state index contributed by atoms with van der Waals surface area (Å²) in [4.78, 5) is 7.25. The predicted octanol–water partition coefficient (Wildman–Crippen LogP) is 5.20.